The zero-order valence-corrected chi connectivity index (χ0v) is 10.9. The molecule has 0 aliphatic carbocycles. The number of halogens is 1. The van der Waals surface area contributed by atoms with Crippen molar-refractivity contribution < 1.29 is 4.74 Å². The van der Waals surface area contributed by atoms with Gasteiger partial charge in [-0.15, -0.1) is 0 Å². The van der Waals surface area contributed by atoms with Gasteiger partial charge in [-0.25, -0.2) is 4.98 Å². The summed E-state index contributed by atoms with van der Waals surface area (Å²) in [7, 11) is 0. The lowest BCUT2D eigenvalue weighted by atomic mass is 10.3. The lowest BCUT2D eigenvalue weighted by molar-refractivity contribution is 0.393. The third-order valence-electron chi connectivity index (χ3n) is 2.47. The Morgan fingerprint density at radius 2 is 2.12 bits per heavy atom. The number of hydrogen-bond donors (Lipinski definition) is 0. The van der Waals surface area contributed by atoms with E-state index in [1.165, 1.54) is 0 Å². The van der Waals surface area contributed by atoms with Gasteiger partial charge in [-0.3, -0.25) is 4.57 Å². The van der Waals surface area contributed by atoms with Crippen molar-refractivity contribution in [2.45, 2.75) is 26.8 Å². The van der Waals surface area contributed by atoms with Crippen LogP contribution in [0.25, 0.3) is 0 Å². The first-order valence-corrected chi connectivity index (χ1v) is 5.93. The van der Waals surface area contributed by atoms with Crippen LogP contribution in [0.4, 0.5) is 0 Å². The fourth-order valence-corrected chi connectivity index (χ4v) is 1.94. The molecule has 1 heterocycles. The summed E-state index contributed by atoms with van der Waals surface area (Å²) in [5, 5.41) is 0.655. The summed E-state index contributed by atoms with van der Waals surface area (Å²) in [5.41, 5.74) is 1.08. The summed E-state index contributed by atoms with van der Waals surface area (Å²) < 4.78 is 7.78. The van der Waals surface area contributed by atoms with Gasteiger partial charge in [0.15, 0.2) is 0 Å². The van der Waals surface area contributed by atoms with Gasteiger partial charge in [0.05, 0.1) is 6.20 Å². The Morgan fingerprint density at radius 3 is 2.76 bits per heavy atom. The summed E-state index contributed by atoms with van der Waals surface area (Å²) in [4.78, 5) is 4.26. The van der Waals surface area contributed by atoms with Crippen LogP contribution in [0.15, 0.2) is 30.5 Å². The minimum atomic E-state index is 0.312. The average Bonchev–Trinajstić information content (AvgIpc) is 2.59. The molecule has 0 bridgehead atoms. The minimum Gasteiger partial charge on any atom is -0.425 e. The molecule has 90 valence electrons. The van der Waals surface area contributed by atoms with Crippen molar-refractivity contribution in [2.75, 3.05) is 0 Å². The van der Waals surface area contributed by atoms with Crippen LogP contribution in [0.5, 0.6) is 11.8 Å². The Morgan fingerprint density at radius 1 is 1.35 bits per heavy atom. The molecule has 0 unspecified atom stereocenters. The molecule has 0 spiro atoms. The van der Waals surface area contributed by atoms with Crippen LogP contribution >= 0.6 is 11.6 Å². The van der Waals surface area contributed by atoms with Crippen LogP contribution < -0.4 is 4.74 Å². The van der Waals surface area contributed by atoms with E-state index in [4.69, 9.17) is 16.3 Å². The molecule has 0 aliphatic rings. The normalized spacial score (nSPS) is 10.9. The predicted octanol–water partition coefficient (Wildman–Crippen LogP) is 4.22. The van der Waals surface area contributed by atoms with Crippen LogP contribution in [-0.2, 0) is 0 Å². The molecule has 0 atom stereocenters. The van der Waals surface area contributed by atoms with E-state index in [-0.39, 0.29) is 0 Å². The molecular weight excluding hydrogens is 236 g/mol. The summed E-state index contributed by atoms with van der Waals surface area (Å²) in [6, 6.07) is 8.21. The van der Waals surface area contributed by atoms with E-state index in [0.29, 0.717) is 22.8 Å². The van der Waals surface area contributed by atoms with Crippen molar-refractivity contribution >= 4 is 11.6 Å². The Hall–Kier alpha value is -1.48. The third-order valence-corrected chi connectivity index (χ3v) is 2.70. The van der Waals surface area contributed by atoms with Crippen LogP contribution in [0.1, 0.15) is 25.6 Å². The summed E-state index contributed by atoms with van der Waals surface area (Å²) in [6.45, 7) is 6.21. The van der Waals surface area contributed by atoms with E-state index in [1.54, 1.807) is 12.3 Å². The largest absolute Gasteiger partial charge is 0.425 e. The molecule has 0 amide bonds. The Kier molecular flexibility index (Phi) is 3.38. The van der Waals surface area contributed by atoms with E-state index >= 15 is 0 Å². The van der Waals surface area contributed by atoms with Gasteiger partial charge in [-0.2, -0.15) is 0 Å². The van der Waals surface area contributed by atoms with Crippen LogP contribution in [0.2, 0.25) is 5.02 Å². The Bertz CT molecular complexity index is 520. The first-order valence-electron chi connectivity index (χ1n) is 5.55. The summed E-state index contributed by atoms with van der Waals surface area (Å²) in [6.07, 6.45) is 1.81. The van der Waals surface area contributed by atoms with Crippen molar-refractivity contribution in [2.24, 2.45) is 0 Å². The molecule has 2 rings (SSSR count). The van der Waals surface area contributed by atoms with Crippen LogP contribution in [-0.4, -0.2) is 9.55 Å². The predicted molar refractivity (Wildman–Crippen MR) is 68.9 cm³/mol. The van der Waals surface area contributed by atoms with Crippen molar-refractivity contribution in [1.29, 1.82) is 0 Å². The fourth-order valence-electron chi connectivity index (χ4n) is 1.76. The van der Waals surface area contributed by atoms with Gasteiger partial charge in [-0.1, -0.05) is 17.7 Å². The minimum absolute atomic E-state index is 0.312. The molecule has 1 aromatic carbocycles. The van der Waals surface area contributed by atoms with E-state index in [9.17, 15) is 0 Å². The summed E-state index contributed by atoms with van der Waals surface area (Å²) in [5.74, 6) is 0.699. The molecule has 1 aromatic heterocycles. The number of imidazole rings is 1. The zero-order chi connectivity index (χ0) is 12.4. The van der Waals surface area contributed by atoms with Gasteiger partial charge < -0.3 is 4.74 Å². The highest BCUT2D eigenvalue weighted by Crippen LogP contribution is 2.26. The highest BCUT2D eigenvalue weighted by atomic mass is 35.5. The molecule has 0 saturated heterocycles. The number of hydrogen-bond acceptors (Lipinski definition) is 2. The first kappa shape index (κ1) is 12.0. The molecule has 0 N–H and O–H groups in total. The maximum atomic E-state index is 5.91. The fraction of sp³-hybridized carbons (Fsp3) is 0.308. The number of rotatable bonds is 3. The molecule has 0 saturated carbocycles. The second kappa shape index (κ2) is 4.80. The number of aromatic nitrogens is 2. The smallest absolute Gasteiger partial charge is 0.302 e. The maximum absolute atomic E-state index is 5.91. The second-order valence-electron chi connectivity index (χ2n) is 4.21. The van der Waals surface area contributed by atoms with Gasteiger partial charge >= 0.3 is 6.01 Å². The van der Waals surface area contributed by atoms with Crippen molar-refractivity contribution in [1.82, 2.24) is 9.55 Å². The number of benzene rings is 1. The molecule has 17 heavy (non-hydrogen) atoms. The van der Waals surface area contributed by atoms with Gasteiger partial charge in [0, 0.05) is 16.8 Å². The lowest BCUT2D eigenvalue weighted by Gasteiger charge is -2.13. The second-order valence-corrected chi connectivity index (χ2v) is 4.64. The monoisotopic (exact) mass is 250 g/mol. The molecular formula is C13H15ClN2O. The summed E-state index contributed by atoms with van der Waals surface area (Å²) >= 11 is 5.91. The highest BCUT2D eigenvalue weighted by Gasteiger charge is 2.11. The topological polar surface area (TPSA) is 27.1 Å². The average molecular weight is 251 g/mol. The van der Waals surface area contributed by atoms with Gasteiger partial charge in [0.1, 0.15) is 5.75 Å². The lowest BCUT2D eigenvalue weighted by Crippen LogP contribution is -2.05. The van der Waals surface area contributed by atoms with Crippen molar-refractivity contribution in [3.05, 3.63) is 41.2 Å². The number of aryl methyl sites for hydroxylation is 1. The van der Waals surface area contributed by atoms with E-state index in [0.717, 1.165) is 5.69 Å². The molecule has 0 radical (unpaired) electrons. The zero-order valence-electron chi connectivity index (χ0n) is 10.1. The third kappa shape index (κ3) is 2.61. The first-order chi connectivity index (χ1) is 8.08. The van der Waals surface area contributed by atoms with E-state index in [1.807, 2.05) is 29.7 Å². The molecule has 4 heteroatoms. The molecule has 2 aromatic rings. The van der Waals surface area contributed by atoms with Crippen LogP contribution in [0.3, 0.4) is 0 Å². The van der Waals surface area contributed by atoms with E-state index < -0.39 is 0 Å². The SMILES string of the molecule is Cc1cnc(Oc2cccc(Cl)c2)n1C(C)C. The molecule has 3 nitrogen and oxygen atoms in total. The molecule has 0 fully saturated rings. The van der Waals surface area contributed by atoms with Crippen molar-refractivity contribution in [3.63, 3.8) is 0 Å². The molecule has 0 aliphatic heterocycles. The Balaban J connectivity index is 2.30. The Labute approximate surface area is 106 Å². The van der Waals surface area contributed by atoms with Gasteiger partial charge in [-0.05, 0) is 39.0 Å². The maximum Gasteiger partial charge on any atom is 0.302 e. The van der Waals surface area contributed by atoms with Crippen LogP contribution in [0, 0.1) is 6.92 Å². The number of ether oxygens (including phenoxy) is 1. The standard InChI is InChI=1S/C13H15ClN2O/c1-9(2)16-10(3)8-15-13(16)17-12-6-4-5-11(14)7-12/h4-9H,1-3H3. The quantitative estimate of drug-likeness (QED) is 0.816. The van der Waals surface area contributed by atoms with Gasteiger partial charge in [0.25, 0.3) is 0 Å². The highest BCUT2D eigenvalue weighted by molar-refractivity contribution is 6.30. The number of nitrogens with zero attached hydrogens (tertiary/aromatic N) is 2. The van der Waals surface area contributed by atoms with E-state index in [2.05, 4.69) is 18.8 Å². The van der Waals surface area contributed by atoms with Crippen molar-refractivity contribution in [3.8, 4) is 11.8 Å². The van der Waals surface area contributed by atoms with Gasteiger partial charge in [0.2, 0.25) is 0 Å².